The SMILES string of the molecule is COc1cc(C(=O)N2CCC3(CC2)OCCc2cccc(OC)c23)ccc1OCCN. The van der Waals surface area contributed by atoms with E-state index in [1.165, 1.54) is 5.56 Å². The second kappa shape index (κ2) is 9.16. The number of rotatable bonds is 6. The Morgan fingerprint density at radius 2 is 1.87 bits per heavy atom. The number of nitrogens with two attached hydrogens (primary N) is 1. The second-order valence-corrected chi connectivity index (χ2v) is 7.88. The van der Waals surface area contributed by atoms with Gasteiger partial charge in [-0.25, -0.2) is 0 Å². The van der Waals surface area contributed by atoms with Crippen LogP contribution in [0.25, 0.3) is 0 Å². The molecule has 0 bridgehead atoms. The number of amides is 1. The maximum atomic E-state index is 13.2. The van der Waals surface area contributed by atoms with Gasteiger partial charge in [0.1, 0.15) is 18.0 Å². The summed E-state index contributed by atoms with van der Waals surface area (Å²) < 4.78 is 23.0. The van der Waals surface area contributed by atoms with Gasteiger partial charge in [-0.1, -0.05) is 12.1 Å². The van der Waals surface area contributed by atoms with Crippen LogP contribution < -0.4 is 19.9 Å². The Morgan fingerprint density at radius 1 is 1.10 bits per heavy atom. The van der Waals surface area contributed by atoms with E-state index in [0.29, 0.717) is 49.9 Å². The zero-order valence-electron chi connectivity index (χ0n) is 18.2. The molecule has 0 saturated carbocycles. The average molecular weight is 427 g/mol. The molecule has 0 unspecified atom stereocenters. The maximum absolute atomic E-state index is 13.2. The van der Waals surface area contributed by atoms with Crippen LogP contribution in [0.5, 0.6) is 17.2 Å². The lowest BCUT2D eigenvalue weighted by Crippen LogP contribution is -2.48. The summed E-state index contributed by atoms with van der Waals surface area (Å²) in [5.74, 6) is 1.97. The van der Waals surface area contributed by atoms with Gasteiger partial charge in [0.05, 0.1) is 20.8 Å². The highest BCUT2D eigenvalue weighted by molar-refractivity contribution is 5.95. The predicted octanol–water partition coefficient (Wildman–Crippen LogP) is 2.75. The van der Waals surface area contributed by atoms with Crippen molar-refractivity contribution in [3.63, 3.8) is 0 Å². The molecule has 0 radical (unpaired) electrons. The minimum absolute atomic E-state index is 0.0189. The molecule has 7 heteroatoms. The average Bonchev–Trinajstić information content (AvgIpc) is 2.82. The van der Waals surface area contributed by atoms with Crippen molar-refractivity contribution in [2.24, 2.45) is 5.73 Å². The predicted molar refractivity (Wildman–Crippen MR) is 117 cm³/mol. The standard InChI is InChI=1S/C24H30N2O5/c1-28-20-5-3-4-17-8-14-31-24(22(17)20)9-12-26(13-10-24)23(27)18-6-7-19(30-15-11-25)21(16-18)29-2/h3-7,16H,8-15,25H2,1-2H3. The van der Waals surface area contributed by atoms with Gasteiger partial charge < -0.3 is 29.6 Å². The van der Waals surface area contributed by atoms with Crippen LogP contribution in [-0.4, -0.2) is 57.9 Å². The van der Waals surface area contributed by atoms with Crippen LogP contribution in [0, 0.1) is 0 Å². The van der Waals surface area contributed by atoms with E-state index >= 15 is 0 Å². The van der Waals surface area contributed by atoms with Crippen molar-refractivity contribution >= 4 is 5.91 Å². The summed E-state index contributed by atoms with van der Waals surface area (Å²) in [6.45, 7) is 2.72. The van der Waals surface area contributed by atoms with Crippen LogP contribution in [0.3, 0.4) is 0 Å². The molecule has 7 nitrogen and oxygen atoms in total. The number of nitrogens with zero attached hydrogens (tertiary/aromatic N) is 1. The van der Waals surface area contributed by atoms with Crippen LogP contribution in [0.2, 0.25) is 0 Å². The monoisotopic (exact) mass is 426 g/mol. The molecule has 4 rings (SSSR count). The van der Waals surface area contributed by atoms with Gasteiger partial charge in [-0.2, -0.15) is 0 Å². The van der Waals surface area contributed by atoms with Gasteiger partial charge in [-0.3, -0.25) is 4.79 Å². The quantitative estimate of drug-likeness (QED) is 0.765. The van der Waals surface area contributed by atoms with Crippen LogP contribution in [-0.2, 0) is 16.8 Å². The summed E-state index contributed by atoms with van der Waals surface area (Å²) in [5, 5.41) is 0. The molecule has 2 aliphatic heterocycles. The first kappa shape index (κ1) is 21.5. The zero-order chi connectivity index (χ0) is 21.8. The molecule has 1 spiro atoms. The highest BCUT2D eigenvalue weighted by Crippen LogP contribution is 2.46. The number of benzene rings is 2. The van der Waals surface area contributed by atoms with Gasteiger partial charge in [0.25, 0.3) is 5.91 Å². The van der Waals surface area contributed by atoms with Crippen molar-refractivity contribution in [1.29, 1.82) is 0 Å². The molecule has 1 fully saturated rings. The van der Waals surface area contributed by atoms with Crippen molar-refractivity contribution in [3.8, 4) is 17.2 Å². The second-order valence-electron chi connectivity index (χ2n) is 7.88. The summed E-state index contributed by atoms with van der Waals surface area (Å²) in [7, 11) is 3.26. The number of methoxy groups -OCH3 is 2. The fraction of sp³-hybridized carbons (Fsp3) is 0.458. The van der Waals surface area contributed by atoms with E-state index in [-0.39, 0.29) is 5.91 Å². The van der Waals surface area contributed by atoms with E-state index in [2.05, 4.69) is 6.07 Å². The molecule has 2 aliphatic rings. The Morgan fingerprint density at radius 3 is 2.58 bits per heavy atom. The van der Waals surface area contributed by atoms with Crippen molar-refractivity contribution < 1.29 is 23.7 Å². The Kier molecular flexibility index (Phi) is 6.34. The largest absolute Gasteiger partial charge is 0.496 e. The highest BCUT2D eigenvalue weighted by atomic mass is 16.5. The summed E-state index contributed by atoms with van der Waals surface area (Å²) in [6.07, 6.45) is 2.36. The lowest BCUT2D eigenvalue weighted by molar-refractivity contribution is -0.0946. The first-order valence-electron chi connectivity index (χ1n) is 10.7. The molecule has 0 aromatic heterocycles. The van der Waals surface area contributed by atoms with Crippen LogP contribution in [0.1, 0.15) is 34.3 Å². The molecule has 166 valence electrons. The number of piperidine rings is 1. The summed E-state index contributed by atoms with van der Waals surface area (Å²) in [4.78, 5) is 15.1. The minimum atomic E-state index is -0.394. The van der Waals surface area contributed by atoms with Crippen molar-refractivity contribution in [3.05, 3.63) is 53.1 Å². The Balaban J connectivity index is 1.51. The van der Waals surface area contributed by atoms with Crippen molar-refractivity contribution in [1.82, 2.24) is 4.90 Å². The molecular weight excluding hydrogens is 396 g/mol. The van der Waals surface area contributed by atoms with Gasteiger partial charge in [0.2, 0.25) is 0 Å². The maximum Gasteiger partial charge on any atom is 0.253 e. The third kappa shape index (κ3) is 4.07. The topological polar surface area (TPSA) is 83.2 Å². The van der Waals surface area contributed by atoms with E-state index in [0.717, 1.165) is 30.6 Å². The van der Waals surface area contributed by atoms with Gasteiger partial charge >= 0.3 is 0 Å². The molecule has 2 heterocycles. The summed E-state index contributed by atoms with van der Waals surface area (Å²) >= 11 is 0. The number of carbonyl (C=O) groups is 1. The first-order chi connectivity index (χ1) is 15.1. The number of fused-ring (bicyclic) bond motifs is 2. The first-order valence-corrected chi connectivity index (χ1v) is 10.7. The fourth-order valence-corrected chi connectivity index (χ4v) is 4.64. The molecule has 0 aliphatic carbocycles. The molecule has 2 aromatic rings. The van der Waals surface area contributed by atoms with Crippen molar-refractivity contribution in [2.45, 2.75) is 24.9 Å². The van der Waals surface area contributed by atoms with E-state index in [9.17, 15) is 4.79 Å². The van der Waals surface area contributed by atoms with Gasteiger partial charge in [-0.05, 0) is 49.1 Å². The van der Waals surface area contributed by atoms with Crippen LogP contribution in [0.4, 0.5) is 0 Å². The molecule has 31 heavy (non-hydrogen) atoms. The Hall–Kier alpha value is -2.77. The number of ether oxygens (including phenoxy) is 4. The van der Waals surface area contributed by atoms with E-state index in [4.69, 9.17) is 24.7 Å². The highest BCUT2D eigenvalue weighted by Gasteiger charge is 2.43. The van der Waals surface area contributed by atoms with E-state index in [1.807, 2.05) is 17.0 Å². The molecule has 1 amide bonds. The summed E-state index contributed by atoms with van der Waals surface area (Å²) in [5.41, 5.74) is 8.12. The molecule has 2 N–H and O–H groups in total. The lowest BCUT2D eigenvalue weighted by atomic mass is 9.78. The molecule has 1 saturated heterocycles. The number of likely N-dealkylation sites (tertiary alicyclic amines) is 1. The Bertz CT molecular complexity index is 923. The van der Waals surface area contributed by atoms with Crippen molar-refractivity contribution in [2.75, 3.05) is 47.1 Å². The minimum Gasteiger partial charge on any atom is -0.496 e. The lowest BCUT2D eigenvalue weighted by Gasteiger charge is -2.45. The van der Waals surface area contributed by atoms with Crippen LogP contribution in [0.15, 0.2) is 36.4 Å². The van der Waals surface area contributed by atoms with E-state index < -0.39 is 5.60 Å². The zero-order valence-corrected chi connectivity index (χ0v) is 18.2. The van der Waals surface area contributed by atoms with E-state index in [1.54, 1.807) is 32.4 Å². The normalized spacial score (nSPS) is 17.2. The third-order valence-electron chi connectivity index (χ3n) is 6.18. The number of hydrogen-bond donors (Lipinski definition) is 1. The fourth-order valence-electron chi connectivity index (χ4n) is 4.64. The summed E-state index contributed by atoms with van der Waals surface area (Å²) in [6, 6.07) is 11.4. The molecular formula is C24H30N2O5. The van der Waals surface area contributed by atoms with Crippen LogP contribution >= 0.6 is 0 Å². The Labute approximate surface area is 183 Å². The third-order valence-corrected chi connectivity index (χ3v) is 6.18. The van der Waals surface area contributed by atoms with Gasteiger partial charge in [0, 0.05) is 30.8 Å². The number of carbonyl (C=O) groups excluding carboxylic acids is 1. The smallest absolute Gasteiger partial charge is 0.253 e. The van der Waals surface area contributed by atoms with Gasteiger partial charge in [0.15, 0.2) is 11.5 Å². The number of hydrogen-bond acceptors (Lipinski definition) is 6. The van der Waals surface area contributed by atoms with Gasteiger partial charge in [-0.15, -0.1) is 0 Å². The molecule has 0 atom stereocenters. The molecule has 2 aromatic carbocycles.